The average Bonchev–Trinajstić information content (AvgIpc) is 2.46. The molecule has 0 aliphatic rings. The Balaban J connectivity index is 1.79. The molecule has 0 atom stereocenters. The van der Waals surface area contributed by atoms with E-state index in [1.165, 1.54) is 76.2 Å². The van der Waals surface area contributed by atoms with E-state index in [0.717, 1.165) is 6.54 Å². The molecule has 0 amide bonds. The molecule has 1 heteroatoms. The van der Waals surface area contributed by atoms with Crippen LogP contribution in [-0.4, -0.2) is 6.54 Å². The van der Waals surface area contributed by atoms with Gasteiger partial charge in [-0.3, -0.25) is 0 Å². The quantitative estimate of drug-likeness (QED) is 0.532. The van der Waals surface area contributed by atoms with Crippen molar-refractivity contribution in [2.75, 3.05) is 6.54 Å². The minimum Gasteiger partial charge on any atom is -0.330 e. The van der Waals surface area contributed by atoms with Gasteiger partial charge in [0.1, 0.15) is 0 Å². The number of aryl methyl sites for hydroxylation is 1. The van der Waals surface area contributed by atoms with E-state index in [2.05, 4.69) is 18.2 Å². The number of rotatable bonds is 12. The topological polar surface area (TPSA) is 26.0 Å². The van der Waals surface area contributed by atoms with Gasteiger partial charge in [0.2, 0.25) is 0 Å². The van der Waals surface area contributed by atoms with E-state index in [4.69, 9.17) is 5.73 Å². The first-order valence-corrected chi connectivity index (χ1v) is 8.09. The first-order chi connectivity index (χ1) is 9.43. The second-order valence-corrected chi connectivity index (χ2v) is 5.46. The highest BCUT2D eigenvalue weighted by Gasteiger charge is 1.94. The van der Waals surface area contributed by atoms with E-state index >= 15 is 0 Å². The van der Waals surface area contributed by atoms with Gasteiger partial charge in [-0.15, -0.1) is 0 Å². The Hall–Kier alpha value is -0.820. The van der Waals surface area contributed by atoms with Crippen molar-refractivity contribution in [2.45, 2.75) is 70.6 Å². The molecule has 1 aromatic rings. The van der Waals surface area contributed by atoms with Crippen molar-refractivity contribution in [3.63, 3.8) is 0 Å². The van der Waals surface area contributed by atoms with Gasteiger partial charge >= 0.3 is 0 Å². The van der Waals surface area contributed by atoms with Crippen LogP contribution in [-0.2, 0) is 6.42 Å². The summed E-state index contributed by atoms with van der Waals surface area (Å²) in [6, 6.07) is 11.6. The van der Waals surface area contributed by atoms with E-state index in [0.29, 0.717) is 0 Å². The summed E-state index contributed by atoms with van der Waals surface area (Å²) < 4.78 is 0. The van der Waals surface area contributed by atoms with Gasteiger partial charge in [0.25, 0.3) is 0 Å². The summed E-state index contributed by atoms with van der Waals surface area (Å²) in [5.74, 6) is 0. The molecule has 1 nitrogen and oxygen atoms in total. The molecule has 0 aliphatic carbocycles. The fraction of sp³-hybridized carbons (Fsp3) is 0.667. The molecule has 0 spiro atoms. The molecule has 0 aromatic heterocycles. The lowest BCUT2D eigenvalue weighted by atomic mass is 10.0. The predicted molar refractivity (Wildman–Crippen MR) is 84.2 cm³/mol. The highest BCUT2D eigenvalue weighted by molar-refractivity contribution is 5.12. The van der Waals surface area contributed by atoms with Crippen molar-refractivity contribution in [3.05, 3.63) is 35.9 Å². The van der Waals surface area contributed by atoms with Crippen LogP contribution in [0, 0.1) is 6.07 Å². The van der Waals surface area contributed by atoms with E-state index in [-0.39, 0.29) is 0 Å². The summed E-state index contributed by atoms with van der Waals surface area (Å²) in [5, 5.41) is 0. The molecule has 1 aromatic carbocycles. The smallest absolute Gasteiger partial charge is 0.00773 e. The Morgan fingerprint density at radius 3 is 1.84 bits per heavy atom. The SMILES string of the molecule is NCCCCCCCCCCCCc1[c]cccc1. The molecule has 0 heterocycles. The molecule has 0 unspecified atom stereocenters. The molecule has 0 saturated heterocycles. The zero-order valence-electron chi connectivity index (χ0n) is 12.4. The standard InChI is InChI=1S/C18H30N/c19-17-13-8-6-4-2-1-3-5-7-10-14-18-15-11-9-12-16-18/h9,11-12,15H,1-8,10,13-14,17,19H2. The minimum absolute atomic E-state index is 0.860. The minimum atomic E-state index is 0.860. The van der Waals surface area contributed by atoms with Gasteiger partial charge in [0.15, 0.2) is 0 Å². The Bertz CT molecular complexity index is 281. The van der Waals surface area contributed by atoms with Gasteiger partial charge in [-0.25, -0.2) is 0 Å². The van der Waals surface area contributed by atoms with Crippen molar-refractivity contribution in [1.29, 1.82) is 0 Å². The molecule has 1 radical (unpaired) electrons. The van der Waals surface area contributed by atoms with Crippen LogP contribution >= 0.6 is 0 Å². The van der Waals surface area contributed by atoms with Crippen LogP contribution in [0.2, 0.25) is 0 Å². The maximum Gasteiger partial charge on any atom is -0.00773 e. The molecular formula is C18H30N. The summed E-state index contributed by atoms with van der Waals surface area (Å²) in [4.78, 5) is 0. The van der Waals surface area contributed by atoms with Crippen LogP contribution in [0.3, 0.4) is 0 Å². The van der Waals surface area contributed by atoms with Gasteiger partial charge in [-0.05, 0) is 37.4 Å². The molecule has 0 bridgehead atoms. The van der Waals surface area contributed by atoms with Crippen LogP contribution < -0.4 is 5.73 Å². The van der Waals surface area contributed by atoms with Crippen LogP contribution in [0.15, 0.2) is 24.3 Å². The van der Waals surface area contributed by atoms with Gasteiger partial charge in [0.05, 0.1) is 0 Å². The average molecular weight is 260 g/mol. The number of unbranched alkanes of at least 4 members (excludes halogenated alkanes) is 9. The van der Waals surface area contributed by atoms with Crippen LogP contribution in [0.5, 0.6) is 0 Å². The second-order valence-electron chi connectivity index (χ2n) is 5.46. The Morgan fingerprint density at radius 2 is 1.32 bits per heavy atom. The molecular weight excluding hydrogens is 230 g/mol. The largest absolute Gasteiger partial charge is 0.330 e. The van der Waals surface area contributed by atoms with Crippen LogP contribution in [0.25, 0.3) is 0 Å². The van der Waals surface area contributed by atoms with Gasteiger partial charge < -0.3 is 5.73 Å². The summed E-state index contributed by atoms with van der Waals surface area (Å²) in [6.45, 7) is 0.860. The number of nitrogens with two attached hydrogens (primary N) is 1. The van der Waals surface area contributed by atoms with E-state index in [9.17, 15) is 0 Å². The normalized spacial score (nSPS) is 10.8. The summed E-state index contributed by atoms with van der Waals surface area (Å²) >= 11 is 0. The Labute approximate surface area is 119 Å². The molecule has 1 rings (SSSR count). The number of benzene rings is 1. The third-order valence-electron chi connectivity index (χ3n) is 3.67. The maximum atomic E-state index is 5.48. The highest BCUT2D eigenvalue weighted by atomic mass is 14.5. The van der Waals surface area contributed by atoms with Crippen molar-refractivity contribution in [3.8, 4) is 0 Å². The third kappa shape index (κ3) is 9.72. The predicted octanol–water partition coefficient (Wildman–Crippen LogP) is 4.89. The summed E-state index contributed by atoms with van der Waals surface area (Å²) in [7, 11) is 0. The number of hydrogen-bond donors (Lipinski definition) is 1. The summed E-state index contributed by atoms with van der Waals surface area (Å²) in [6.07, 6.45) is 14.8. The van der Waals surface area contributed by atoms with E-state index < -0.39 is 0 Å². The lowest BCUT2D eigenvalue weighted by Crippen LogP contribution is -1.97. The first kappa shape index (κ1) is 16.2. The number of hydrogen-bond acceptors (Lipinski definition) is 1. The van der Waals surface area contributed by atoms with Crippen molar-refractivity contribution in [2.24, 2.45) is 5.73 Å². The third-order valence-corrected chi connectivity index (χ3v) is 3.67. The van der Waals surface area contributed by atoms with Crippen molar-refractivity contribution >= 4 is 0 Å². The fourth-order valence-electron chi connectivity index (χ4n) is 2.46. The summed E-state index contributed by atoms with van der Waals surface area (Å²) in [5.41, 5.74) is 6.84. The van der Waals surface area contributed by atoms with Crippen molar-refractivity contribution < 1.29 is 0 Å². The molecule has 2 N–H and O–H groups in total. The fourth-order valence-corrected chi connectivity index (χ4v) is 2.46. The second kappa shape index (κ2) is 12.2. The van der Waals surface area contributed by atoms with Gasteiger partial charge in [-0.1, -0.05) is 75.6 Å². The van der Waals surface area contributed by atoms with Gasteiger partial charge in [0, 0.05) is 0 Å². The Morgan fingerprint density at radius 1 is 0.737 bits per heavy atom. The Kier molecular flexibility index (Phi) is 10.4. The first-order valence-electron chi connectivity index (χ1n) is 8.09. The van der Waals surface area contributed by atoms with E-state index in [1.54, 1.807) is 0 Å². The van der Waals surface area contributed by atoms with Crippen LogP contribution in [0.1, 0.15) is 69.8 Å². The van der Waals surface area contributed by atoms with E-state index in [1.807, 2.05) is 12.1 Å². The monoisotopic (exact) mass is 260 g/mol. The van der Waals surface area contributed by atoms with Crippen molar-refractivity contribution in [1.82, 2.24) is 0 Å². The van der Waals surface area contributed by atoms with Gasteiger partial charge in [-0.2, -0.15) is 0 Å². The molecule has 0 aliphatic heterocycles. The molecule has 0 fully saturated rings. The van der Waals surface area contributed by atoms with Crippen LogP contribution in [0.4, 0.5) is 0 Å². The highest BCUT2D eigenvalue weighted by Crippen LogP contribution is 2.12. The molecule has 0 saturated carbocycles. The zero-order chi connectivity index (χ0) is 13.6. The lowest BCUT2D eigenvalue weighted by Gasteiger charge is -2.03. The molecule has 19 heavy (non-hydrogen) atoms. The lowest BCUT2D eigenvalue weighted by molar-refractivity contribution is 0.553. The maximum absolute atomic E-state index is 5.48. The zero-order valence-corrected chi connectivity index (χ0v) is 12.4. The molecule has 107 valence electrons.